The maximum Gasteiger partial charge on any atom is 0.410 e. The predicted molar refractivity (Wildman–Crippen MR) is 110 cm³/mol. The minimum Gasteiger partial charge on any atom is -0.444 e. The Kier molecular flexibility index (Phi) is 7.37. The average Bonchev–Trinajstić information content (AvgIpc) is 3.33. The molecule has 3 unspecified atom stereocenters. The van der Waals surface area contributed by atoms with Crippen LogP contribution in [0, 0.1) is 5.92 Å². The lowest BCUT2D eigenvalue weighted by molar-refractivity contribution is 0.0278. The zero-order valence-electron chi connectivity index (χ0n) is 18.2. The van der Waals surface area contributed by atoms with Crippen molar-refractivity contribution in [3.63, 3.8) is 0 Å². The van der Waals surface area contributed by atoms with Crippen molar-refractivity contribution in [2.75, 3.05) is 33.7 Å². The van der Waals surface area contributed by atoms with Crippen LogP contribution in [0.5, 0.6) is 0 Å². The Balaban J connectivity index is 1.71. The highest BCUT2D eigenvalue weighted by Gasteiger charge is 2.38. The summed E-state index contributed by atoms with van der Waals surface area (Å²) in [6, 6.07) is 1.91. The first-order chi connectivity index (χ1) is 12.6. The summed E-state index contributed by atoms with van der Waals surface area (Å²) in [6.45, 7) is 12.6. The Morgan fingerprint density at radius 3 is 2.59 bits per heavy atom. The number of carbonyl (C=O) groups excluding carboxylic acids is 1. The molecule has 1 saturated carbocycles. The number of nitrogens with one attached hydrogen (secondary N) is 2. The first-order valence-electron chi connectivity index (χ1n) is 10.3. The fourth-order valence-corrected chi connectivity index (χ4v) is 3.68. The summed E-state index contributed by atoms with van der Waals surface area (Å²) in [5.74, 6) is 1.13. The third-order valence-electron chi connectivity index (χ3n) is 5.11. The molecule has 0 aromatic carbocycles. The maximum atomic E-state index is 12.1. The van der Waals surface area contributed by atoms with Gasteiger partial charge in [0.25, 0.3) is 0 Å². The first kappa shape index (κ1) is 21.8. The zero-order valence-corrected chi connectivity index (χ0v) is 18.2. The summed E-state index contributed by atoms with van der Waals surface area (Å²) >= 11 is 0. The third kappa shape index (κ3) is 7.20. The van der Waals surface area contributed by atoms with Gasteiger partial charge in [-0.25, -0.2) is 4.79 Å². The standard InChI is InChI=1S/C20H39N5O2/c1-14(12-24(7)19(26)27-20(3,4)5)11-22-18(21-6)23-16-10-15(2)25(13-16)17-8-9-17/h14-17H,8-13H2,1-7H3,(H2,21,22,23). The molecule has 0 radical (unpaired) electrons. The van der Waals surface area contributed by atoms with Crippen molar-refractivity contribution in [3.05, 3.63) is 0 Å². The molecule has 2 fully saturated rings. The largest absolute Gasteiger partial charge is 0.444 e. The van der Waals surface area contributed by atoms with Crippen LogP contribution >= 0.6 is 0 Å². The monoisotopic (exact) mass is 381 g/mol. The van der Waals surface area contributed by atoms with E-state index in [0.717, 1.165) is 31.5 Å². The highest BCUT2D eigenvalue weighted by Crippen LogP contribution is 2.33. The fourth-order valence-electron chi connectivity index (χ4n) is 3.68. The lowest BCUT2D eigenvalue weighted by atomic mass is 10.1. The molecule has 0 aromatic rings. The Morgan fingerprint density at radius 1 is 1.37 bits per heavy atom. The number of hydrogen-bond donors (Lipinski definition) is 2. The van der Waals surface area contributed by atoms with Crippen LogP contribution in [-0.2, 0) is 4.74 Å². The summed E-state index contributed by atoms with van der Waals surface area (Å²) in [4.78, 5) is 20.7. The van der Waals surface area contributed by atoms with Crippen molar-refractivity contribution in [1.82, 2.24) is 20.4 Å². The van der Waals surface area contributed by atoms with Crippen molar-refractivity contribution >= 4 is 12.1 Å². The number of aliphatic imine (C=N–C) groups is 1. The zero-order chi connectivity index (χ0) is 20.2. The molecule has 0 spiro atoms. The highest BCUT2D eigenvalue weighted by molar-refractivity contribution is 5.80. The van der Waals surface area contributed by atoms with Gasteiger partial charge in [0.15, 0.2) is 5.96 Å². The second-order valence-corrected chi connectivity index (χ2v) is 9.27. The smallest absolute Gasteiger partial charge is 0.410 e. The second kappa shape index (κ2) is 9.13. The van der Waals surface area contributed by atoms with Gasteiger partial charge in [0.1, 0.15) is 5.60 Å². The molecule has 1 saturated heterocycles. The number of carbonyl (C=O) groups is 1. The SMILES string of the molecule is CN=C(NCC(C)CN(C)C(=O)OC(C)(C)C)NC1CC(C)N(C2CC2)C1. The van der Waals surface area contributed by atoms with Crippen molar-refractivity contribution in [3.8, 4) is 0 Å². The summed E-state index contributed by atoms with van der Waals surface area (Å²) in [5, 5.41) is 6.97. The maximum absolute atomic E-state index is 12.1. The number of ether oxygens (including phenoxy) is 1. The number of amides is 1. The quantitative estimate of drug-likeness (QED) is 0.546. The lowest BCUT2D eigenvalue weighted by Crippen LogP contribution is -2.47. The molecule has 7 heteroatoms. The fraction of sp³-hybridized carbons (Fsp3) is 0.900. The van der Waals surface area contributed by atoms with E-state index >= 15 is 0 Å². The summed E-state index contributed by atoms with van der Waals surface area (Å²) in [6.07, 6.45) is 3.59. The van der Waals surface area contributed by atoms with Crippen molar-refractivity contribution in [2.45, 2.75) is 77.6 Å². The molecule has 0 aromatic heterocycles. The number of likely N-dealkylation sites (tertiary alicyclic amines) is 1. The van der Waals surface area contributed by atoms with E-state index in [1.807, 2.05) is 27.8 Å². The molecule has 1 heterocycles. The van der Waals surface area contributed by atoms with E-state index in [1.54, 1.807) is 11.9 Å². The highest BCUT2D eigenvalue weighted by atomic mass is 16.6. The van der Waals surface area contributed by atoms with Gasteiger partial charge in [-0.15, -0.1) is 0 Å². The van der Waals surface area contributed by atoms with Crippen LogP contribution < -0.4 is 10.6 Å². The molecular weight excluding hydrogens is 342 g/mol. The molecule has 27 heavy (non-hydrogen) atoms. The van der Waals surface area contributed by atoms with Gasteiger partial charge in [0.05, 0.1) is 0 Å². The van der Waals surface area contributed by atoms with E-state index in [-0.39, 0.29) is 12.0 Å². The van der Waals surface area contributed by atoms with Gasteiger partial charge in [-0.3, -0.25) is 9.89 Å². The molecule has 2 aliphatic rings. The summed E-state index contributed by atoms with van der Waals surface area (Å²) in [5.41, 5.74) is -0.467. The summed E-state index contributed by atoms with van der Waals surface area (Å²) < 4.78 is 5.41. The minimum absolute atomic E-state index is 0.281. The van der Waals surface area contributed by atoms with E-state index in [1.165, 1.54) is 12.8 Å². The van der Waals surface area contributed by atoms with Crippen LogP contribution in [0.2, 0.25) is 0 Å². The minimum atomic E-state index is -0.467. The summed E-state index contributed by atoms with van der Waals surface area (Å²) in [7, 11) is 3.59. The number of hydrogen-bond acceptors (Lipinski definition) is 4. The van der Waals surface area contributed by atoms with Crippen LogP contribution in [0.15, 0.2) is 4.99 Å². The number of nitrogens with zero attached hydrogens (tertiary/aromatic N) is 3. The van der Waals surface area contributed by atoms with E-state index < -0.39 is 5.60 Å². The predicted octanol–water partition coefficient (Wildman–Crippen LogP) is 2.28. The molecular formula is C20H39N5O2. The van der Waals surface area contributed by atoms with Crippen molar-refractivity contribution in [2.24, 2.45) is 10.9 Å². The molecule has 7 nitrogen and oxygen atoms in total. The molecule has 2 rings (SSSR count). The first-order valence-corrected chi connectivity index (χ1v) is 10.3. The van der Waals surface area contributed by atoms with E-state index in [4.69, 9.17) is 4.74 Å². The van der Waals surface area contributed by atoms with Gasteiger partial charge < -0.3 is 20.3 Å². The van der Waals surface area contributed by atoms with Gasteiger partial charge in [-0.1, -0.05) is 6.92 Å². The van der Waals surface area contributed by atoms with Crippen LogP contribution in [-0.4, -0.2) is 79.3 Å². The topological polar surface area (TPSA) is 69.2 Å². The Bertz CT molecular complexity index is 527. The van der Waals surface area contributed by atoms with Crippen molar-refractivity contribution in [1.29, 1.82) is 0 Å². The van der Waals surface area contributed by atoms with Gasteiger partial charge >= 0.3 is 6.09 Å². The molecule has 3 atom stereocenters. The van der Waals surface area contributed by atoms with Crippen LogP contribution in [0.4, 0.5) is 4.79 Å². The second-order valence-electron chi connectivity index (χ2n) is 9.27. The Morgan fingerprint density at radius 2 is 2.04 bits per heavy atom. The Labute approximate surface area is 164 Å². The number of rotatable bonds is 6. The van der Waals surface area contributed by atoms with Gasteiger partial charge in [0.2, 0.25) is 0 Å². The normalized spacial score (nSPS) is 25.2. The molecule has 0 bridgehead atoms. The van der Waals surface area contributed by atoms with Gasteiger partial charge in [-0.2, -0.15) is 0 Å². The average molecular weight is 382 g/mol. The third-order valence-corrected chi connectivity index (χ3v) is 5.11. The van der Waals surface area contributed by atoms with Crippen LogP contribution in [0.3, 0.4) is 0 Å². The van der Waals surface area contributed by atoms with Gasteiger partial charge in [-0.05, 0) is 52.9 Å². The molecule has 156 valence electrons. The van der Waals surface area contributed by atoms with Crippen LogP contribution in [0.1, 0.15) is 53.9 Å². The van der Waals surface area contributed by atoms with Crippen LogP contribution in [0.25, 0.3) is 0 Å². The molecule has 1 aliphatic heterocycles. The Hall–Kier alpha value is -1.50. The van der Waals surface area contributed by atoms with Crippen molar-refractivity contribution < 1.29 is 9.53 Å². The van der Waals surface area contributed by atoms with E-state index in [0.29, 0.717) is 18.6 Å². The number of guanidine groups is 1. The van der Waals surface area contributed by atoms with E-state index in [9.17, 15) is 4.79 Å². The molecule has 1 amide bonds. The van der Waals surface area contributed by atoms with Gasteiger partial charge in [0, 0.05) is 51.9 Å². The van der Waals surface area contributed by atoms with E-state index in [2.05, 4.69) is 34.4 Å². The molecule has 1 aliphatic carbocycles. The molecule has 2 N–H and O–H groups in total. The lowest BCUT2D eigenvalue weighted by Gasteiger charge is -2.27.